The van der Waals surface area contributed by atoms with Gasteiger partial charge in [0.25, 0.3) is 5.91 Å². The van der Waals surface area contributed by atoms with Crippen LogP contribution in [0.3, 0.4) is 0 Å². The predicted molar refractivity (Wildman–Crippen MR) is 72.3 cm³/mol. The summed E-state index contributed by atoms with van der Waals surface area (Å²) in [6.07, 6.45) is 9.57. The molecule has 0 heterocycles. The minimum Gasteiger partial charge on any atom is -0.323 e. The Morgan fingerprint density at radius 2 is 1.94 bits per heavy atom. The van der Waals surface area contributed by atoms with Crippen LogP contribution in [0.15, 0.2) is 59.9 Å². The Kier molecular flexibility index (Phi) is 4.70. The summed E-state index contributed by atoms with van der Waals surface area (Å²) in [5.41, 5.74) is 3.29. The SMILES string of the molecule is C=C(C)/C=C\C(=C)NC(=O)C1=CCCC=C1C. The third-order valence-electron chi connectivity index (χ3n) is 2.48. The Bertz CT molecular complexity index is 436. The average molecular weight is 229 g/mol. The van der Waals surface area contributed by atoms with Crippen molar-refractivity contribution in [2.24, 2.45) is 0 Å². The van der Waals surface area contributed by atoms with Gasteiger partial charge in [-0.05, 0) is 38.3 Å². The van der Waals surface area contributed by atoms with Crippen LogP contribution in [0.2, 0.25) is 0 Å². The maximum Gasteiger partial charge on any atom is 0.255 e. The zero-order valence-corrected chi connectivity index (χ0v) is 10.5. The molecule has 17 heavy (non-hydrogen) atoms. The molecular weight excluding hydrogens is 210 g/mol. The highest BCUT2D eigenvalue weighted by atomic mass is 16.1. The Morgan fingerprint density at radius 1 is 1.29 bits per heavy atom. The summed E-state index contributed by atoms with van der Waals surface area (Å²) in [7, 11) is 0. The number of hydrogen-bond acceptors (Lipinski definition) is 1. The molecule has 0 saturated heterocycles. The van der Waals surface area contributed by atoms with Gasteiger partial charge in [-0.25, -0.2) is 0 Å². The highest BCUT2D eigenvalue weighted by Gasteiger charge is 2.13. The molecule has 1 N–H and O–H groups in total. The first-order chi connectivity index (χ1) is 8.00. The van der Waals surface area contributed by atoms with Crippen molar-refractivity contribution in [2.75, 3.05) is 0 Å². The van der Waals surface area contributed by atoms with Crippen LogP contribution in [0.5, 0.6) is 0 Å². The van der Waals surface area contributed by atoms with Gasteiger partial charge in [0.1, 0.15) is 0 Å². The average Bonchev–Trinajstić information content (AvgIpc) is 2.26. The number of amides is 1. The van der Waals surface area contributed by atoms with Crippen molar-refractivity contribution in [1.29, 1.82) is 0 Å². The molecule has 1 amide bonds. The van der Waals surface area contributed by atoms with Crippen LogP contribution in [0, 0.1) is 0 Å². The topological polar surface area (TPSA) is 29.1 Å². The molecule has 1 rings (SSSR count). The molecule has 0 unspecified atom stereocenters. The van der Waals surface area contributed by atoms with E-state index in [-0.39, 0.29) is 5.91 Å². The van der Waals surface area contributed by atoms with Crippen molar-refractivity contribution in [3.8, 4) is 0 Å². The molecule has 0 bridgehead atoms. The van der Waals surface area contributed by atoms with Crippen LogP contribution >= 0.6 is 0 Å². The van der Waals surface area contributed by atoms with Crippen LogP contribution in [0.4, 0.5) is 0 Å². The van der Waals surface area contributed by atoms with Gasteiger partial charge < -0.3 is 5.32 Å². The third kappa shape index (κ3) is 4.27. The van der Waals surface area contributed by atoms with Crippen molar-refractivity contribution < 1.29 is 4.79 Å². The first-order valence-corrected chi connectivity index (χ1v) is 5.72. The van der Waals surface area contributed by atoms with E-state index in [1.165, 1.54) is 0 Å². The summed E-state index contributed by atoms with van der Waals surface area (Å²) in [4.78, 5) is 11.9. The van der Waals surface area contributed by atoms with Crippen molar-refractivity contribution >= 4 is 5.91 Å². The predicted octanol–water partition coefficient (Wildman–Crippen LogP) is 3.42. The van der Waals surface area contributed by atoms with Crippen molar-refractivity contribution in [1.82, 2.24) is 5.32 Å². The summed E-state index contributed by atoms with van der Waals surface area (Å²) >= 11 is 0. The van der Waals surface area contributed by atoms with Crippen LogP contribution in [-0.2, 0) is 4.79 Å². The van der Waals surface area contributed by atoms with E-state index in [2.05, 4.69) is 24.6 Å². The molecule has 2 nitrogen and oxygen atoms in total. The molecule has 0 saturated carbocycles. The fraction of sp³-hybridized carbons (Fsp3) is 0.267. The van der Waals surface area contributed by atoms with Gasteiger partial charge in [-0.1, -0.05) is 37.0 Å². The van der Waals surface area contributed by atoms with Gasteiger partial charge in [-0.15, -0.1) is 0 Å². The number of carbonyl (C=O) groups is 1. The molecule has 0 aromatic rings. The monoisotopic (exact) mass is 229 g/mol. The zero-order chi connectivity index (χ0) is 12.8. The standard InChI is InChI=1S/C15H19NO/c1-11(2)9-10-13(4)16-15(17)14-8-6-5-7-12(14)3/h7-10H,1,4-6H2,2-3H3,(H,16,17)/b10-9-. The van der Waals surface area contributed by atoms with E-state index in [0.29, 0.717) is 5.70 Å². The van der Waals surface area contributed by atoms with E-state index in [1.54, 1.807) is 6.08 Å². The molecule has 0 aromatic heterocycles. The van der Waals surface area contributed by atoms with Gasteiger partial charge >= 0.3 is 0 Å². The largest absolute Gasteiger partial charge is 0.323 e. The fourth-order valence-corrected chi connectivity index (χ4v) is 1.57. The summed E-state index contributed by atoms with van der Waals surface area (Å²) in [6.45, 7) is 11.4. The highest BCUT2D eigenvalue weighted by Crippen LogP contribution is 2.18. The normalized spacial score (nSPS) is 15.2. The van der Waals surface area contributed by atoms with Crippen molar-refractivity contribution in [2.45, 2.75) is 26.7 Å². The maximum absolute atomic E-state index is 11.9. The minimum atomic E-state index is -0.0881. The van der Waals surface area contributed by atoms with Crippen LogP contribution in [0.1, 0.15) is 26.7 Å². The second kappa shape index (κ2) is 6.04. The molecule has 1 aliphatic carbocycles. The molecule has 1 aliphatic rings. The van der Waals surface area contributed by atoms with Crippen LogP contribution in [0.25, 0.3) is 0 Å². The molecule has 90 valence electrons. The van der Waals surface area contributed by atoms with Gasteiger partial charge in [0, 0.05) is 11.3 Å². The Morgan fingerprint density at radius 3 is 2.53 bits per heavy atom. The highest BCUT2D eigenvalue weighted by molar-refractivity contribution is 5.98. The van der Waals surface area contributed by atoms with Crippen LogP contribution in [-0.4, -0.2) is 5.91 Å². The van der Waals surface area contributed by atoms with Gasteiger partial charge in [0.2, 0.25) is 0 Å². The van der Waals surface area contributed by atoms with E-state index < -0.39 is 0 Å². The van der Waals surface area contributed by atoms with Crippen LogP contribution < -0.4 is 5.32 Å². The fourth-order valence-electron chi connectivity index (χ4n) is 1.57. The summed E-state index contributed by atoms with van der Waals surface area (Å²) < 4.78 is 0. The first kappa shape index (κ1) is 13.2. The van der Waals surface area contributed by atoms with Gasteiger partial charge in [-0.3, -0.25) is 4.79 Å². The maximum atomic E-state index is 11.9. The Balaban J connectivity index is 2.61. The molecule has 0 atom stereocenters. The van der Waals surface area contributed by atoms with E-state index in [1.807, 2.05) is 26.0 Å². The van der Waals surface area contributed by atoms with Gasteiger partial charge in [-0.2, -0.15) is 0 Å². The molecule has 0 spiro atoms. The first-order valence-electron chi connectivity index (χ1n) is 5.72. The van der Waals surface area contributed by atoms with Gasteiger partial charge in [0.15, 0.2) is 0 Å². The minimum absolute atomic E-state index is 0.0881. The number of carbonyl (C=O) groups excluding carboxylic acids is 1. The molecule has 0 fully saturated rings. The lowest BCUT2D eigenvalue weighted by Crippen LogP contribution is -2.24. The third-order valence-corrected chi connectivity index (χ3v) is 2.48. The summed E-state index contributed by atoms with van der Waals surface area (Å²) in [5.74, 6) is -0.0881. The summed E-state index contributed by atoms with van der Waals surface area (Å²) in [5, 5.41) is 2.76. The Hall–Kier alpha value is -1.83. The molecule has 2 heteroatoms. The second-order valence-electron chi connectivity index (χ2n) is 4.24. The molecular formula is C15H19NO. The Labute approximate surface area is 103 Å². The van der Waals surface area contributed by atoms with Crippen molar-refractivity contribution in [3.05, 3.63) is 59.9 Å². The lowest BCUT2D eigenvalue weighted by molar-refractivity contribution is -0.116. The quantitative estimate of drug-likeness (QED) is 0.735. The number of hydrogen-bond donors (Lipinski definition) is 1. The van der Waals surface area contributed by atoms with E-state index >= 15 is 0 Å². The number of rotatable bonds is 4. The van der Waals surface area contributed by atoms with Gasteiger partial charge in [0.05, 0.1) is 0 Å². The lowest BCUT2D eigenvalue weighted by Gasteiger charge is -2.12. The smallest absolute Gasteiger partial charge is 0.255 e. The molecule has 0 aromatic carbocycles. The summed E-state index contributed by atoms with van der Waals surface area (Å²) in [6, 6.07) is 0. The second-order valence-corrected chi connectivity index (χ2v) is 4.24. The van der Waals surface area contributed by atoms with E-state index in [0.717, 1.165) is 29.6 Å². The van der Waals surface area contributed by atoms with E-state index in [4.69, 9.17) is 0 Å². The van der Waals surface area contributed by atoms with Crippen molar-refractivity contribution in [3.63, 3.8) is 0 Å². The number of allylic oxidation sites excluding steroid dienone is 5. The lowest BCUT2D eigenvalue weighted by atomic mass is 9.98. The molecule has 0 aliphatic heterocycles. The molecule has 0 radical (unpaired) electrons. The zero-order valence-electron chi connectivity index (χ0n) is 10.5. The number of nitrogens with one attached hydrogen (secondary N) is 1. The van der Waals surface area contributed by atoms with E-state index in [9.17, 15) is 4.79 Å².